The fraction of sp³-hybridized carbons (Fsp3) is 0.300. The van der Waals surface area contributed by atoms with E-state index in [9.17, 15) is 18.0 Å². The van der Waals surface area contributed by atoms with E-state index in [1.807, 2.05) is 31.2 Å². The molecule has 0 aliphatic carbocycles. The Kier molecular flexibility index (Phi) is 5.53. The van der Waals surface area contributed by atoms with Crippen molar-refractivity contribution >= 4 is 33.2 Å². The maximum absolute atomic E-state index is 13.0. The molecule has 0 aromatic heterocycles. The highest BCUT2D eigenvalue weighted by molar-refractivity contribution is 7.89. The number of carbonyl (C=O) groups is 2. The van der Waals surface area contributed by atoms with Crippen LogP contribution in [0, 0.1) is 0 Å². The molecule has 1 aliphatic rings. The summed E-state index contributed by atoms with van der Waals surface area (Å²) >= 11 is 0. The van der Waals surface area contributed by atoms with E-state index >= 15 is 0 Å². The van der Waals surface area contributed by atoms with Gasteiger partial charge in [0.25, 0.3) is 0 Å². The number of carbonyl (C=O) groups excluding carboxylic acids is 2. The Labute approximate surface area is 164 Å². The Morgan fingerprint density at radius 1 is 1.11 bits per heavy atom. The molecule has 2 N–H and O–H groups in total. The summed E-state index contributed by atoms with van der Waals surface area (Å²) < 4.78 is 27.8. The number of hydrogen-bond donors (Lipinski definition) is 2. The Hall–Kier alpha value is -2.71. The molecule has 2 atom stereocenters. The predicted octanol–water partition coefficient (Wildman–Crippen LogP) is 2.29. The zero-order valence-corrected chi connectivity index (χ0v) is 16.8. The number of amides is 2. The normalized spacial score (nSPS) is 17.1. The van der Waals surface area contributed by atoms with Crippen LogP contribution in [0.25, 0.3) is 0 Å². The number of nitrogens with zero attached hydrogens (tertiary/aromatic N) is 1. The van der Waals surface area contributed by atoms with E-state index in [1.54, 1.807) is 11.8 Å². The molecule has 3 rings (SSSR count). The van der Waals surface area contributed by atoms with Gasteiger partial charge in [0, 0.05) is 24.3 Å². The number of hydrogen-bond acceptors (Lipinski definition) is 4. The summed E-state index contributed by atoms with van der Waals surface area (Å²) in [6, 6.07) is 12.5. The molecule has 2 aromatic carbocycles. The van der Waals surface area contributed by atoms with Crippen LogP contribution in [-0.4, -0.2) is 32.3 Å². The molecule has 0 radical (unpaired) electrons. The molecule has 7 nitrogen and oxygen atoms in total. The summed E-state index contributed by atoms with van der Waals surface area (Å²) in [4.78, 5) is 25.7. The fourth-order valence-corrected chi connectivity index (χ4v) is 4.58. The molecular weight excluding hydrogens is 378 g/mol. The molecule has 2 amide bonds. The van der Waals surface area contributed by atoms with E-state index in [4.69, 9.17) is 0 Å². The molecular formula is C20H23N3O4S. The van der Waals surface area contributed by atoms with Gasteiger partial charge in [-0.2, -0.15) is 4.72 Å². The van der Waals surface area contributed by atoms with Crippen molar-refractivity contribution in [2.75, 3.05) is 10.2 Å². The molecule has 148 valence electrons. The Balaban J connectivity index is 1.75. The van der Waals surface area contributed by atoms with E-state index in [0.29, 0.717) is 5.69 Å². The van der Waals surface area contributed by atoms with Crippen LogP contribution >= 0.6 is 0 Å². The van der Waals surface area contributed by atoms with Crippen LogP contribution in [0.1, 0.15) is 26.3 Å². The van der Waals surface area contributed by atoms with Gasteiger partial charge in [0.05, 0.1) is 10.9 Å². The maximum atomic E-state index is 13.0. The Bertz CT molecular complexity index is 1000. The van der Waals surface area contributed by atoms with Crippen LogP contribution in [-0.2, 0) is 26.0 Å². The van der Waals surface area contributed by atoms with Crippen molar-refractivity contribution in [3.05, 3.63) is 54.1 Å². The molecule has 0 saturated carbocycles. The van der Waals surface area contributed by atoms with Crippen LogP contribution in [0.15, 0.2) is 53.4 Å². The van der Waals surface area contributed by atoms with Gasteiger partial charge in [-0.1, -0.05) is 18.2 Å². The molecule has 1 aliphatic heterocycles. The maximum Gasteiger partial charge on any atom is 0.245 e. The third kappa shape index (κ3) is 4.07. The van der Waals surface area contributed by atoms with Gasteiger partial charge < -0.3 is 10.2 Å². The van der Waals surface area contributed by atoms with Crippen LogP contribution in [0.2, 0.25) is 0 Å². The molecule has 1 unspecified atom stereocenters. The third-order valence-corrected chi connectivity index (χ3v) is 6.19. The zero-order valence-electron chi connectivity index (χ0n) is 16.0. The van der Waals surface area contributed by atoms with Crippen molar-refractivity contribution in [3.8, 4) is 0 Å². The number of para-hydroxylation sites is 1. The second-order valence-corrected chi connectivity index (χ2v) is 8.65. The zero-order chi connectivity index (χ0) is 20.5. The first-order chi connectivity index (χ1) is 13.2. The largest absolute Gasteiger partial charge is 0.326 e. The number of rotatable bonds is 5. The number of nitrogens with one attached hydrogen (secondary N) is 2. The average molecular weight is 401 g/mol. The van der Waals surface area contributed by atoms with Crippen LogP contribution in [0.4, 0.5) is 11.4 Å². The van der Waals surface area contributed by atoms with E-state index < -0.39 is 16.1 Å². The lowest BCUT2D eigenvalue weighted by atomic mass is 10.1. The average Bonchev–Trinajstić information content (AvgIpc) is 2.96. The fourth-order valence-electron chi connectivity index (χ4n) is 3.38. The van der Waals surface area contributed by atoms with E-state index in [0.717, 1.165) is 17.7 Å². The van der Waals surface area contributed by atoms with E-state index in [2.05, 4.69) is 10.0 Å². The summed E-state index contributed by atoms with van der Waals surface area (Å²) in [7, 11) is -3.88. The van der Waals surface area contributed by atoms with Crippen molar-refractivity contribution in [2.45, 2.75) is 44.2 Å². The Morgan fingerprint density at radius 2 is 1.75 bits per heavy atom. The number of benzene rings is 2. The smallest absolute Gasteiger partial charge is 0.245 e. The number of fused-ring (bicyclic) bond motifs is 1. The monoisotopic (exact) mass is 401 g/mol. The predicted molar refractivity (Wildman–Crippen MR) is 108 cm³/mol. The number of anilines is 2. The van der Waals surface area contributed by atoms with Gasteiger partial charge in [-0.3, -0.25) is 9.59 Å². The SMILES string of the molecule is CC(=O)Nc1ccc(S(=O)(=O)N[C@@H](C)C(=O)N2c3ccccc3CC2C)cc1. The summed E-state index contributed by atoms with van der Waals surface area (Å²) in [6.45, 7) is 4.86. The van der Waals surface area contributed by atoms with Crippen molar-refractivity contribution < 1.29 is 18.0 Å². The van der Waals surface area contributed by atoms with Gasteiger partial charge in [0.1, 0.15) is 0 Å². The summed E-state index contributed by atoms with van der Waals surface area (Å²) in [5, 5.41) is 2.58. The van der Waals surface area contributed by atoms with Gasteiger partial charge in [-0.15, -0.1) is 0 Å². The molecule has 28 heavy (non-hydrogen) atoms. The lowest BCUT2D eigenvalue weighted by Gasteiger charge is -2.26. The second kappa shape index (κ2) is 7.73. The molecule has 0 bridgehead atoms. The minimum atomic E-state index is -3.88. The molecule has 2 aromatic rings. The van der Waals surface area contributed by atoms with Crippen LogP contribution in [0.3, 0.4) is 0 Å². The van der Waals surface area contributed by atoms with Crippen molar-refractivity contribution in [2.24, 2.45) is 0 Å². The minimum absolute atomic E-state index is 0.0242. The van der Waals surface area contributed by atoms with Gasteiger partial charge in [-0.25, -0.2) is 8.42 Å². The third-order valence-electron chi connectivity index (χ3n) is 4.63. The highest BCUT2D eigenvalue weighted by atomic mass is 32.2. The van der Waals surface area contributed by atoms with Gasteiger partial charge in [-0.05, 0) is 56.2 Å². The second-order valence-electron chi connectivity index (χ2n) is 6.94. The van der Waals surface area contributed by atoms with Crippen molar-refractivity contribution in [1.29, 1.82) is 0 Å². The molecule has 1 heterocycles. The van der Waals surface area contributed by atoms with Gasteiger partial charge in [0.2, 0.25) is 21.8 Å². The minimum Gasteiger partial charge on any atom is -0.326 e. The standard InChI is InChI=1S/C20H23N3O4S/c1-13-12-16-6-4-5-7-19(16)23(13)20(25)14(2)22-28(26,27)18-10-8-17(9-11-18)21-15(3)24/h4-11,13-14,22H,12H2,1-3H3,(H,21,24)/t13?,14-/m0/s1. The van der Waals surface area contributed by atoms with E-state index in [-0.39, 0.29) is 22.8 Å². The lowest BCUT2D eigenvalue weighted by molar-refractivity contribution is -0.120. The first-order valence-corrected chi connectivity index (χ1v) is 10.5. The molecule has 0 saturated heterocycles. The summed E-state index contributed by atoms with van der Waals surface area (Å²) in [6.07, 6.45) is 0.742. The molecule has 0 fully saturated rings. The Morgan fingerprint density at radius 3 is 2.39 bits per heavy atom. The van der Waals surface area contributed by atoms with Crippen LogP contribution in [0.5, 0.6) is 0 Å². The van der Waals surface area contributed by atoms with Gasteiger partial charge >= 0.3 is 0 Å². The first-order valence-electron chi connectivity index (χ1n) is 9.00. The number of sulfonamides is 1. The van der Waals surface area contributed by atoms with Crippen molar-refractivity contribution in [1.82, 2.24) is 4.72 Å². The molecule has 8 heteroatoms. The topological polar surface area (TPSA) is 95.6 Å². The van der Waals surface area contributed by atoms with Crippen molar-refractivity contribution in [3.63, 3.8) is 0 Å². The highest BCUT2D eigenvalue weighted by Crippen LogP contribution is 2.32. The van der Waals surface area contributed by atoms with Gasteiger partial charge in [0.15, 0.2) is 0 Å². The quantitative estimate of drug-likeness (QED) is 0.804. The van der Waals surface area contributed by atoms with Crippen LogP contribution < -0.4 is 14.9 Å². The lowest BCUT2D eigenvalue weighted by Crippen LogP contribution is -2.48. The molecule has 0 spiro atoms. The highest BCUT2D eigenvalue weighted by Gasteiger charge is 2.34. The summed E-state index contributed by atoms with van der Waals surface area (Å²) in [5.41, 5.74) is 2.40. The summed E-state index contributed by atoms with van der Waals surface area (Å²) in [5.74, 6) is -0.538. The first kappa shape index (κ1) is 20.0. The van der Waals surface area contributed by atoms with E-state index in [1.165, 1.54) is 31.2 Å².